The molecular formula is C10H11BrO2. The average Bonchev–Trinajstić information content (AvgIpc) is 2.17. The second kappa shape index (κ2) is 3.58. The van der Waals surface area contributed by atoms with Crippen molar-refractivity contribution in [3.05, 3.63) is 23.8 Å². The number of benzene rings is 1. The van der Waals surface area contributed by atoms with Crippen LogP contribution in [-0.2, 0) is 6.42 Å². The van der Waals surface area contributed by atoms with Gasteiger partial charge in [-0.05, 0) is 18.6 Å². The lowest BCUT2D eigenvalue weighted by atomic mass is 10.1. The topological polar surface area (TPSA) is 18.5 Å². The Kier molecular flexibility index (Phi) is 2.44. The van der Waals surface area contributed by atoms with Crippen molar-refractivity contribution in [1.29, 1.82) is 0 Å². The van der Waals surface area contributed by atoms with E-state index in [0.29, 0.717) is 4.83 Å². The molecule has 1 unspecified atom stereocenters. The third-order valence-corrected chi connectivity index (χ3v) is 2.74. The summed E-state index contributed by atoms with van der Waals surface area (Å²) in [6.07, 6.45) is 0.972. The Morgan fingerprint density at radius 3 is 3.15 bits per heavy atom. The first-order chi connectivity index (χ1) is 6.31. The summed E-state index contributed by atoms with van der Waals surface area (Å²) in [5.41, 5.74) is 1.16. The molecule has 0 fully saturated rings. The number of hydrogen-bond acceptors (Lipinski definition) is 2. The van der Waals surface area contributed by atoms with Crippen molar-refractivity contribution in [3.63, 3.8) is 0 Å². The number of alkyl halides is 1. The third-order valence-electron chi connectivity index (χ3n) is 2.16. The highest BCUT2D eigenvalue weighted by Crippen LogP contribution is 2.34. The van der Waals surface area contributed by atoms with Crippen LogP contribution in [0, 0.1) is 0 Å². The number of methoxy groups -OCH3 is 1. The minimum atomic E-state index is 0.399. The van der Waals surface area contributed by atoms with Gasteiger partial charge in [0.05, 0.1) is 11.9 Å². The molecule has 1 aliphatic heterocycles. The lowest BCUT2D eigenvalue weighted by Crippen LogP contribution is -2.20. The van der Waals surface area contributed by atoms with E-state index in [1.54, 1.807) is 7.11 Å². The van der Waals surface area contributed by atoms with Crippen LogP contribution >= 0.6 is 15.9 Å². The van der Waals surface area contributed by atoms with Gasteiger partial charge in [0, 0.05) is 5.56 Å². The molecule has 2 rings (SSSR count). The molecule has 70 valence electrons. The van der Waals surface area contributed by atoms with Crippen molar-refractivity contribution in [1.82, 2.24) is 0 Å². The van der Waals surface area contributed by atoms with E-state index in [-0.39, 0.29) is 0 Å². The van der Waals surface area contributed by atoms with Crippen molar-refractivity contribution in [2.24, 2.45) is 0 Å². The van der Waals surface area contributed by atoms with E-state index in [2.05, 4.69) is 15.9 Å². The van der Waals surface area contributed by atoms with Crippen LogP contribution in [0.2, 0.25) is 0 Å². The summed E-state index contributed by atoms with van der Waals surface area (Å²) in [6.45, 7) is 0.736. The number of halogens is 1. The summed E-state index contributed by atoms with van der Waals surface area (Å²) in [4.78, 5) is 0.399. The molecule has 0 aromatic heterocycles. The van der Waals surface area contributed by atoms with Gasteiger partial charge in [0.2, 0.25) is 0 Å². The molecule has 0 bridgehead atoms. The zero-order chi connectivity index (χ0) is 9.26. The van der Waals surface area contributed by atoms with Crippen molar-refractivity contribution in [2.45, 2.75) is 11.2 Å². The maximum Gasteiger partial charge on any atom is 0.126 e. The van der Waals surface area contributed by atoms with Crippen molar-refractivity contribution in [3.8, 4) is 11.5 Å². The highest BCUT2D eigenvalue weighted by Gasteiger charge is 2.20. The number of ether oxygens (including phenoxy) is 2. The fraction of sp³-hybridized carbons (Fsp3) is 0.400. The van der Waals surface area contributed by atoms with Gasteiger partial charge in [-0.25, -0.2) is 0 Å². The number of hydrogen-bond donors (Lipinski definition) is 0. The van der Waals surface area contributed by atoms with Gasteiger partial charge in [0.15, 0.2) is 0 Å². The SMILES string of the molecule is COc1cccc2c1CC(Br)CO2. The van der Waals surface area contributed by atoms with Gasteiger partial charge in [-0.1, -0.05) is 22.0 Å². The first-order valence-electron chi connectivity index (χ1n) is 4.24. The molecule has 0 aliphatic carbocycles. The Hall–Kier alpha value is -0.700. The summed E-state index contributed by atoms with van der Waals surface area (Å²) in [5, 5.41) is 0. The molecule has 3 heteroatoms. The van der Waals surface area contributed by atoms with Crippen LogP contribution < -0.4 is 9.47 Å². The van der Waals surface area contributed by atoms with Crippen LogP contribution in [0.4, 0.5) is 0 Å². The standard InChI is InChI=1S/C10H11BrO2/c1-12-9-3-2-4-10-8(9)5-7(11)6-13-10/h2-4,7H,5-6H2,1H3. The second-order valence-corrected chi connectivity index (χ2v) is 4.34. The smallest absolute Gasteiger partial charge is 0.126 e. The van der Waals surface area contributed by atoms with Crippen LogP contribution in [0.1, 0.15) is 5.56 Å². The number of fused-ring (bicyclic) bond motifs is 1. The zero-order valence-corrected chi connectivity index (χ0v) is 9.00. The van der Waals surface area contributed by atoms with Gasteiger partial charge in [-0.3, -0.25) is 0 Å². The largest absolute Gasteiger partial charge is 0.496 e. The highest BCUT2D eigenvalue weighted by molar-refractivity contribution is 9.09. The maximum atomic E-state index is 5.55. The van der Waals surface area contributed by atoms with Gasteiger partial charge in [-0.15, -0.1) is 0 Å². The van der Waals surface area contributed by atoms with Gasteiger partial charge < -0.3 is 9.47 Å². The van der Waals surface area contributed by atoms with Crippen LogP contribution in [0.3, 0.4) is 0 Å². The van der Waals surface area contributed by atoms with E-state index in [1.165, 1.54) is 0 Å². The fourth-order valence-electron chi connectivity index (χ4n) is 1.53. The predicted octanol–water partition coefficient (Wildman–Crippen LogP) is 2.39. The van der Waals surface area contributed by atoms with Gasteiger partial charge in [0.25, 0.3) is 0 Å². The minimum absolute atomic E-state index is 0.399. The van der Waals surface area contributed by atoms with E-state index in [9.17, 15) is 0 Å². The monoisotopic (exact) mass is 242 g/mol. The van der Waals surface area contributed by atoms with E-state index in [4.69, 9.17) is 9.47 Å². The molecule has 1 aromatic carbocycles. The molecule has 1 atom stereocenters. The first kappa shape index (κ1) is 8.88. The maximum absolute atomic E-state index is 5.55. The third kappa shape index (κ3) is 1.66. The van der Waals surface area contributed by atoms with Crippen LogP contribution in [0.25, 0.3) is 0 Å². The lowest BCUT2D eigenvalue weighted by Gasteiger charge is -2.22. The summed E-state index contributed by atoms with van der Waals surface area (Å²) in [6, 6.07) is 5.90. The number of rotatable bonds is 1. The Morgan fingerprint density at radius 1 is 1.54 bits per heavy atom. The van der Waals surface area contributed by atoms with E-state index in [0.717, 1.165) is 30.1 Å². The van der Waals surface area contributed by atoms with Crippen molar-refractivity contribution in [2.75, 3.05) is 13.7 Å². The Morgan fingerprint density at radius 2 is 2.38 bits per heavy atom. The first-order valence-corrected chi connectivity index (χ1v) is 5.15. The summed E-state index contributed by atoms with van der Waals surface area (Å²) in [7, 11) is 1.69. The predicted molar refractivity (Wildman–Crippen MR) is 54.9 cm³/mol. The molecule has 1 heterocycles. The quantitative estimate of drug-likeness (QED) is 0.705. The van der Waals surface area contributed by atoms with Crippen LogP contribution in [-0.4, -0.2) is 18.5 Å². The van der Waals surface area contributed by atoms with Gasteiger partial charge in [-0.2, -0.15) is 0 Å². The molecular weight excluding hydrogens is 232 g/mol. The second-order valence-electron chi connectivity index (χ2n) is 3.05. The molecule has 2 nitrogen and oxygen atoms in total. The van der Waals surface area contributed by atoms with E-state index >= 15 is 0 Å². The van der Waals surface area contributed by atoms with Crippen LogP contribution in [0.15, 0.2) is 18.2 Å². The average molecular weight is 243 g/mol. The minimum Gasteiger partial charge on any atom is -0.496 e. The van der Waals surface area contributed by atoms with E-state index < -0.39 is 0 Å². The van der Waals surface area contributed by atoms with Crippen molar-refractivity contribution < 1.29 is 9.47 Å². The molecule has 1 aliphatic rings. The molecule has 0 saturated heterocycles. The molecule has 0 saturated carbocycles. The fourth-order valence-corrected chi connectivity index (χ4v) is 1.99. The molecule has 0 radical (unpaired) electrons. The summed E-state index contributed by atoms with van der Waals surface area (Å²) >= 11 is 3.54. The Balaban J connectivity index is 2.41. The lowest BCUT2D eigenvalue weighted by molar-refractivity contribution is 0.290. The van der Waals surface area contributed by atoms with E-state index in [1.807, 2.05) is 18.2 Å². The summed E-state index contributed by atoms with van der Waals surface area (Å²) in [5.74, 6) is 1.87. The Labute approximate surface area is 86.0 Å². The van der Waals surface area contributed by atoms with Crippen LogP contribution in [0.5, 0.6) is 11.5 Å². The van der Waals surface area contributed by atoms with Gasteiger partial charge >= 0.3 is 0 Å². The molecule has 0 spiro atoms. The zero-order valence-electron chi connectivity index (χ0n) is 7.42. The molecule has 1 aromatic rings. The molecule has 0 amide bonds. The molecule has 0 N–H and O–H groups in total. The van der Waals surface area contributed by atoms with Gasteiger partial charge in [0.1, 0.15) is 18.1 Å². The summed E-state index contributed by atoms with van der Waals surface area (Å²) < 4.78 is 10.8. The normalized spacial score (nSPS) is 20.3. The Bertz CT molecular complexity index is 298. The highest BCUT2D eigenvalue weighted by atomic mass is 79.9. The van der Waals surface area contributed by atoms with Crippen molar-refractivity contribution >= 4 is 15.9 Å². The molecule has 13 heavy (non-hydrogen) atoms.